The second kappa shape index (κ2) is 10.3. The van der Waals surface area contributed by atoms with Crippen LogP contribution >= 0.6 is 11.6 Å². The van der Waals surface area contributed by atoms with Crippen LogP contribution in [0.2, 0.25) is 5.02 Å². The Kier molecular flexibility index (Phi) is 7.80. The molecule has 0 aliphatic carbocycles. The summed E-state index contributed by atoms with van der Waals surface area (Å²) < 4.78 is 0. The first-order valence-electron chi connectivity index (χ1n) is 10.3. The topological polar surface area (TPSA) is 38.8 Å². The van der Waals surface area contributed by atoms with Gasteiger partial charge < -0.3 is 15.1 Å². The van der Waals surface area contributed by atoms with Gasteiger partial charge in [-0.15, -0.1) is 0 Å². The lowest BCUT2D eigenvalue weighted by atomic mass is 10.1. The van der Waals surface area contributed by atoms with E-state index in [4.69, 9.17) is 11.6 Å². The molecular weight excluding hydrogens is 360 g/mol. The van der Waals surface area contributed by atoms with E-state index >= 15 is 0 Å². The van der Waals surface area contributed by atoms with Crippen molar-refractivity contribution in [2.75, 3.05) is 45.8 Å². The van der Waals surface area contributed by atoms with Crippen molar-refractivity contribution in [2.45, 2.75) is 45.2 Å². The van der Waals surface area contributed by atoms with Gasteiger partial charge in [0.1, 0.15) is 0 Å². The molecule has 1 aromatic carbocycles. The van der Waals surface area contributed by atoms with Crippen LogP contribution in [0.25, 0.3) is 0 Å². The minimum absolute atomic E-state index is 0.0906. The summed E-state index contributed by atoms with van der Waals surface area (Å²) in [6.07, 6.45) is 4.94. The molecule has 0 radical (unpaired) electrons. The van der Waals surface area contributed by atoms with Gasteiger partial charge in [0.2, 0.25) is 0 Å². The zero-order chi connectivity index (χ0) is 19.1. The van der Waals surface area contributed by atoms with Crippen molar-refractivity contribution in [2.24, 2.45) is 0 Å². The van der Waals surface area contributed by atoms with Gasteiger partial charge >= 0.3 is 6.03 Å². The van der Waals surface area contributed by atoms with E-state index < -0.39 is 0 Å². The lowest BCUT2D eigenvalue weighted by Gasteiger charge is -2.30. The van der Waals surface area contributed by atoms with E-state index in [0.717, 1.165) is 50.7 Å². The van der Waals surface area contributed by atoms with E-state index in [1.54, 1.807) is 0 Å². The Morgan fingerprint density at radius 1 is 0.963 bits per heavy atom. The van der Waals surface area contributed by atoms with Gasteiger partial charge in [0.15, 0.2) is 0 Å². The summed E-state index contributed by atoms with van der Waals surface area (Å²) in [5.74, 6) is 0. The number of carbonyl (C=O) groups excluding carboxylic acids is 1. The molecule has 0 aromatic heterocycles. The van der Waals surface area contributed by atoms with E-state index in [-0.39, 0.29) is 12.1 Å². The Labute approximate surface area is 168 Å². The number of nitrogens with zero attached hydrogens (tertiary/aromatic N) is 3. The van der Waals surface area contributed by atoms with Gasteiger partial charge in [0, 0.05) is 50.3 Å². The van der Waals surface area contributed by atoms with Crippen molar-refractivity contribution >= 4 is 17.6 Å². The summed E-state index contributed by atoms with van der Waals surface area (Å²) in [4.78, 5) is 19.6. The monoisotopic (exact) mass is 392 g/mol. The van der Waals surface area contributed by atoms with Gasteiger partial charge in [-0.25, -0.2) is 4.79 Å². The maximum absolute atomic E-state index is 12.7. The number of benzene rings is 1. The molecule has 5 nitrogen and oxygen atoms in total. The molecule has 2 fully saturated rings. The SMILES string of the molecule is CC(CN1CCCCC1)NC(=O)N1CCCN(Cc2ccc(Cl)cc2)CC1. The van der Waals surface area contributed by atoms with Gasteiger partial charge in [-0.2, -0.15) is 0 Å². The summed E-state index contributed by atoms with van der Waals surface area (Å²) in [6, 6.07) is 8.34. The number of urea groups is 1. The molecule has 150 valence electrons. The highest BCUT2D eigenvalue weighted by Crippen LogP contribution is 2.13. The predicted octanol–water partition coefficient (Wildman–Crippen LogP) is 3.43. The van der Waals surface area contributed by atoms with E-state index in [0.29, 0.717) is 0 Å². The first-order chi connectivity index (χ1) is 13.1. The zero-order valence-electron chi connectivity index (χ0n) is 16.5. The highest BCUT2D eigenvalue weighted by molar-refractivity contribution is 6.30. The molecule has 2 aliphatic heterocycles. The van der Waals surface area contributed by atoms with Gasteiger partial charge in [0.05, 0.1) is 0 Å². The maximum Gasteiger partial charge on any atom is 0.317 e. The highest BCUT2D eigenvalue weighted by Gasteiger charge is 2.21. The van der Waals surface area contributed by atoms with Crippen molar-refractivity contribution in [1.82, 2.24) is 20.0 Å². The minimum Gasteiger partial charge on any atom is -0.334 e. The third kappa shape index (κ3) is 6.66. The highest BCUT2D eigenvalue weighted by atomic mass is 35.5. The lowest BCUT2D eigenvalue weighted by Crippen LogP contribution is -2.49. The summed E-state index contributed by atoms with van der Waals surface area (Å²) in [5.41, 5.74) is 1.27. The third-order valence-electron chi connectivity index (χ3n) is 5.55. The molecular formula is C21H33ClN4O. The van der Waals surface area contributed by atoms with Crippen molar-refractivity contribution in [3.8, 4) is 0 Å². The average Bonchev–Trinajstić information content (AvgIpc) is 2.90. The molecule has 1 N–H and O–H groups in total. The number of likely N-dealkylation sites (tertiary alicyclic amines) is 1. The van der Waals surface area contributed by atoms with Crippen molar-refractivity contribution in [3.63, 3.8) is 0 Å². The summed E-state index contributed by atoms with van der Waals surface area (Å²) >= 11 is 5.97. The fourth-order valence-electron chi connectivity index (χ4n) is 4.06. The number of amides is 2. The number of nitrogens with one attached hydrogen (secondary N) is 1. The van der Waals surface area contributed by atoms with Crippen LogP contribution in [0.5, 0.6) is 0 Å². The van der Waals surface area contributed by atoms with E-state index in [1.165, 1.54) is 37.9 Å². The number of rotatable bonds is 5. The molecule has 0 saturated carbocycles. The maximum atomic E-state index is 12.7. The Morgan fingerprint density at radius 3 is 2.41 bits per heavy atom. The summed E-state index contributed by atoms with van der Waals surface area (Å²) in [6.45, 7) is 9.89. The smallest absolute Gasteiger partial charge is 0.317 e. The zero-order valence-corrected chi connectivity index (χ0v) is 17.3. The molecule has 27 heavy (non-hydrogen) atoms. The molecule has 3 rings (SSSR count). The second-order valence-corrected chi connectivity index (χ2v) is 8.39. The molecule has 2 heterocycles. The quantitative estimate of drug-likeness (QED) is 0.834. The van der Waals surface area contributed by atoms with E-state index in [1.807, 2.05) is 17.0 Å². The summed E-state index contributed by atoms with van der Waals surface area (Å²) in [5, 5.41) is 3.98. The van der Waals surface area contributed by atoms with Crippen LogP contribution in [0.4, 0.5) is 4.79 Å². The Morgan fingerprint density at radius 2 is 1.67 bits per heavy atom. The Bertz CT molecular complexity index is 588. The number of carbonyl (C=O) groups is 1. The van der Waals surface area contributed by atoms with Crippen LogP contribution in [0.3, 0.4) is 0 Å². The van der Waals surface area contributed by atoms with Crippen LogP contribution < -0.4 is 5.32 Å². The first-order valence-corrected chi connectivity index (χ1v) is 10.7. The molecule has 1 atom stereocenters. The van der Waals surface area contributed by atoms with Gasteiger partial charge in [0.25, 0.3) is 0 Å². The van der Waals surface area contributed by atoms with Crippen LogP contribution in [-0.2, 0) is 6.54 Å². The Hall–Kier alpha value is -1.30. The van der Waals surface area contributed by atoms with Crippen LogP contribution in [0.15, 0.2) is 24.3 Å². The molecule has 1 unspecified atom stereocenters. The van der Waals surface area contributed by atoms with Crippen LogP contribution in [0.1, 0.15) is 38.2 Å². The van der Waals surface area contributed by atoms with Gasteiger partial charge in [-0.1, -0.05) is 30.2 Å². The predicted molar refractivity (Wildman–Crippen MR) is 111 cm³/mol. The third-order valence-corrected chi connectivity index (χ3v) is 5.80. The van der Waals surface area contributed by atoms with Crippen molar-refractivity contribution in [3.05, 3.63) is 34.9 Å². The van der Waals surface area contributed by atoms with Crippen molar-refractivity contribution < 1.29 is 4.79 Å². The number of halogens is 1. The molecule has 2 saturated heterocycles. The summed E-state index contributed by atoms with van der Waals surface area (Å²) in [7, 11) is 0. The molecule has 2 amide bonds. The normalized spacial score (nSPS) is 20.9. The van der Waals surface area contributed by atoms with E-state index in [9.17, 15) is 4.79 Å². The van der Waals surface area contributed by atoms with Crippen LogP contribution in [0, 0.1) is 0 Å². The molecule has 6 heteroatoms. The number of piperidine rings is 1. The largest absolute Gasteiger partial charge is 0.334 e. The minimum atomic E-state index is 0.0906. The molecule has 1 aromatic rings. The first kappa shape index (κ1) is 20.4. The second-order valence-electron chi connectivity index (χ2n) is 7.96. The van der Waals surface area contributed by atoms with Crippen LogP contribution in [-0.4, -0.2) is 72.6 Å². The fraction of sp³-hybridized carbons (Fsp3) is 0.667. The average molecular weight is 393 g/mol. The fourth-order valence-corrected chi connectivity index (χ4v) is 4.18. The lowest BCUT2D eigenvalue weighted by molar-refractivity contribution is 0.180. The molecule has 2 aliphatic rings. The number of hydrogen-bond donors (Lipinski definition) is 1. The van der Waals surface area contributed by atoms with E-state index in [2.05, 4.69) is 34.2 Å². The van der Waals surface area contributed by atoms with Crippen molar-refractivity contribution in [1.29, 1.82) is 0 Å². The Balaban J connectivity index is 1.42. The van der Waals surface area contributed by atoms with Gasteiger partial charge in [-0.3, -0.25) is 4.90 Å². The standard InChI is InChI=1S/C21H33ClN4O/c1-18(16-24-10-3-2-4-11-24)23-21(27)26-13-5-12-25(14-15-26)17-19-6-8-20(22)9-7-19/h6-9,18H,2-5,10-17H2,1H3,(H,23,27). The van der Waals surface area contributed by atoms with Gasteiger partial charge in [-0.05, 0) is 57.0 Å². The molecule has 0 bridgehead atoms. The number of hydrogen-bond acceptors (Lipinski definition) is 3. The molecule has 0 spiro atoms.